The smallest absolute Gasteiger partial charge is 0.322 e. The molecule has 1 amide bonds. The molecule has 0 aliphatic rings. The Kier molecular flexibility index (Phi) is 4.92. The van der Waals surface area contributed by atoms with E-state index in [0.717, 1.165) is 18.0 Å². The lowest BCUT2D eigenvalue weighted by Crippen LogP contribution is -2.21. The van der Waals surface area contributed by atoms with Crippen LogP contribution in [0.5, 0.6) is 0 Å². The van der Waals surface area contributed by atoms with Crippen LogP contribution in [0.1, 0.15) is 16.1 Å². The molecule has 9 heteroatoms. The van der Waals surface area contributed by atoms with E-state index < -0.39 is 23.3 Å². The van der Waals surface area contributed by atoms with E-state index in [4.69, 9.17) is 11.6 Å². The summed E-state index contributed by atoms with van der Waals surface area (Å²) >= 11 is 6.66. The van der Waals surface area contributed by atoms with Gasteiger partial charge in [-0.05, 0) is 30.5 Å². The Morgan fingerprint density at radius 1 is 1.27 bits per heavy atom. The van der Waals surface area contributed by atoms with Gasteiger partial charge in [0.2, 0.25) is 0 Å². The van der Waals surface area contributed by atoms with Gasteiger partial charge in [-0.2, -0.15) is 13.2 Å². The summed E-state index contributed by atoms with van der Waals surface area (Å²) in [4.78, 5) is 19.1. The van der Waals surface area contributed by atoms with Crippen molar-refractivity contribution in [2.24, 2.45) is 0 Å². The maximum atomic E-state index is 13.0. The molecule has 0 aliphatic carbocycles. The molecule has 4 nitrogen and oxygen atoms in total. The summed E-state index contributed by atoms with van der Waals surface area (Å²) in [6.45, 7) is 0. The fourth-order valence-corrected chi connectivity index (χ4v) is 2.04. The fourth-order valence-electron chi connectivity index (χ4n) is 1.58. The first-order valence-electron chi connectivity index (χ1n) is 5.86. The Hall–Kier alpha value is -1.80. The third-order valence-corrected chi connectivity index (χ3v) is 3.38. The molecule has 0 atom stereocenters. The molecule has 1 aromatic carbocycles. The molecule has 1 aromatic heterocycles. The summed E-state index contributed by atoms with van der Waals surface area (Å²) in [5, 5.41) is 2.74. The molecule has 0 saturated heterocycles. The average molecular weight is 348 g/mol. The molecule has 0 spiro atoms. The van der Waals surface area contributed by atoms with Crippen LogP contribution in [0.15, 0.2) is 35.6 Å². The lowest BCUT2D eigenvalue weighted by molar-refractivity contribution is -0.142. The van der Waals surface area contributed by atoms with Gasteiger partial charge in [0.25, 0.3) is 5.91 Å². The van der Waals surface area contributed by atoms with E-state index in [9.17, 15) is 18.0 Å². The van der Waals surface area contributed by atoms with Crippen molar-refractivity contribution in [3.8, 4) is 0 Å². The lowest BCUT2D eigenvalue weighted by Gasteiger charge is -2.12. The van der Waals surface area contributed by atoms with E-state index in [1.165, 1.54) is 24.3 Å². The molecule has 0 bridgehead atoms. The number of hydrogen-bond donors (Lipinski definition) is 1. The molecule has 0 fully saturated rings. The van der Waals surface area contributed by atoms with Crippen LogP contribution in [0.25, 0.3) is 0 Å². The van der Waals surface area contributed by atoms with Gasteiger partial charge in [-0.25, -0.2) is 9.97 Å². The van der Waals surface area contributed by atoms with Gasteiger partial charge in [0.1, 0.15) is 0 Å². The van der Waals surface area contributed by atoms with Crippen LogP contribution < -0.4 is 5.32 Å². The third kappa shape index (κ3) is 3.89. The lowest BCUT2D eigenvalue weighted by atomic mass is 10.2. The highest BCUT2D eigenvalue weighted by molar-refractivity contribution is 7.98. The number of alkyl halides is 3. The molecule has 116 valence electrons. The highest BCUT2D eigenvalue weighted by Crippen LogP contribution is 2.31. The predicted molar refractivity (Wildman–Crippen MR) is 78.2 cm³/mol. The summed E-state index contributed by atoms with van der Waals surface area (Å²) < 4.78 is 39.1. The van der Waals surface area contributed by atoms with Crippen molar-refractivity contribution in [3.63, 3.8) is 0 Å². The number of benzene rings is 1. The monoisotopic (exact) mass is 347 g/mol. The highest BCUT2D eigenvalue weighted by Gasteiger charge is 2.38. The van der Waals surface area contributed by atoms with Gasteiger partial charge in [-0.15, -0.1) is 0 Å². The van der Waals surface area contributed by atoms with Gasteiger partial charge in [0, 0.05) is 16.9 Å². The topological polar surface area (TPSA) is 54.9 Å². The largest absolute Gasteiger partial charge is 0.434 e. The number of thioether (sulfide) groups is 1. The number of nitrogens with one attached hydrogen (secondary N) is 1. The van der Waals surface area contributed by atoms with Crippen LogP contribution in [0, 0.1) is 0 Å². The van der Waals surface area contributed by atoms with Crippen LogP contribution in [0.4, 0.5) is 18.9 Å². The summed E-state index contributed by atoms with van der Waals surface area (Å²) in [6.07, 6.45) is -2.34. The van der Waals surface area contributed by atoms with Gasteiger partial charge in [0.05, 0.1) is 5.56 Å². The number of nitrogens with zero attached hydrogens (tertiary/aromatic N) is 2. The van der Waals surface area contributed by atoms with Crippen molar-refractivity contribution in [2.75, 3.05) is 11.6 Å². The molecular formula is C13H9ClF3N3OS. The molecule has 1 heterocycles. The van der Waals surface area contributed by atoms with Crippen LogP contribution in [-0.4, -0.2) is 22.1 Å². The van der Waals surface area contributed by atoms with Crippen molar-refractivity contribution in [2.45, 2.75) is 11.3 Å². The van der Waals surface area contributed by atoms with Gasteiger partial charge < -0.3 is 5.32 Å². The molecule has 22 heavy (non-hydrogen) atoms. The first kappa shape index (κ1) is 16.6. The quantitative estimate of drug-likeness (QED) is 0.670. The highest BCUT2D eigenvalue weighted by atomic mass is 35.5. The Morgan fingerprint density at radius 2 is 1.91 bits per heavy atom. The zero-order valence-electron chi connectivity index (χ0n) is 11.1. The fraction of sp³-hybridized carbons (Fsp3) is 0.154. The standard InChI is InChI=1S/C13H9ClF3N3OS/c1-22-12-18-6-9(10(20-12)13(15,16)17)11(21)19-8-4-2-7(14)3-5-8/h2-6H,1H3,(H,19,21). The number of halogens is 4. The molecule has 1 N–H and O–H groups in total. The van der Waals surface area contributed by atoms with Gasteiger partial charge in [0.15, 0.2) is 10.9 Å². The third-order valence-electron chi connectivity index (χ3n) is 2.56. The van der Waals surface area contributed by atoms with Crippen molar-refractivity contribution in [3.05, 3.63) is 46.7 Å². The zero-order valence-corrected chi connectivity index (χ0v) is 12.7. The van der Waals surface area contributed by atoms with Crippen molar-refractivity contribution >= 4 is 35.0 Å². The number of hydrogen-bond acceptors (Lipinski definition) is 4. The first-order chi connectivity index (χ1) is 10.3. The van der Waals surface area contributed by atoms with E-state index in [1.54, 1.807) is 6.26 Å². The SMILES string of the molecule is CSc1ncc(C(=O)Nc2ccc(Cl)cc2)c(C(F)(F)F)n1. The Balaban J connectivity index is 2.34. The minimum atomic E-state index is -4.75. The predicted octanol–water partition coefficient (Wildman–Crippen LogP) is 4.12. The Morgan fingerprint density at radius 3 is 2.45 bits per heavy atom. The Bertz CT molecular complexity index is 692. The van der Waals surface area contributed by atoms with E-state index in [0.29, 0.717) is 10.7 Å². The molecular weight excluding hydrogens is 339 g/mol. The second kappa shape index (κ2) is 6.53. The Labute approximate surface area is 133 Å². The van der Waals surface area contributed by atoms with Crippen molar-refractivity contribution in [1.29, 1.82) is 0 Å². The number of carbonyl (C=O) groups is 1. The number of amides is 1. The summed E-state index contributed by atoms with van der Waals surface area (Å²) in [6, 6.07) is 5.97. The summed E-state index contributed by atoms with van der Waals surface area (Å²) in [5.41, 5.74) is -1.59. The normalized spacial score (nSPS) is 11.3. The van der Waals surface area contributed by atoms with E-state index in [1.807, 2.05) is 0 Å². The van der Waals surface area contributed by atoms with Crippen LogP contribution >= 0.6 is 23.4 Å². The van der Waals surface area contributed by atoms with Gasteiger partial charge in [-0.3, -0.25) is 4.79 Å². The molecule has 0 unspecified atom stereocenters. The van der Waals surface area contributed by atoms with Gasteiger partial charge >= 0.3 is 6.18 Å². The van der Waals surface area contributed by atoms with Crippen LogP contribution in [0.2, 0.25) is 5.02 Å². The molecule has 0 radical (unpaired) electrons. The molecule has 0 saturated carbocycles. The first-order valence-corrected chi connectivity index (χ1v) is 7.46. The van der Waals surface area contributed by atoms with E-state index >= 15 is 0 Å². The van der Waals surface area contributed by atoms with E-state index in [-0.39, 0.29) is 5.16 Å². The van der Waals surface area contributed by atoms with Crippen LogP contribution in [-0.2, 0) is 6.18 Å². The van der Waals surface area contributed by atoms with Crippen molar-refractivity contribution < 1.29 is 18.0 Å². The second-order valence-electron chi connectivity index (χ2n) is 4.08. The maximum Gasteiger partial charge on any atom is 0.434 e. The van der Waals surface area contributed by atoms with Crippen molar-refractivity contribution in [1.82, 2.24) is 9.97 Å². The average Bonchev–Trinajstić information content (AvgIpc) is 2.48. The zero-order chi connectivity index (χ0) is 16.3. The number of anilines is 1. The molecule has 2 aromatic rings. The second-order valence-corrected chi connectivity index (χ2v) is 5.29. The van der Waals surface area contributed by atoms with Gasteiger partial charge in [-0.1, -0.05) is 23.4 Å². The summed E-state index contributed by atoms with van der Waals surface area (Å²) in [5.74, 6) is -0.942. The minimum absolute atomic E-state index is 0.0598. The number of aromatic nitrogens is 2. The van der Waals surface area contributed by atoms with Crippen LogP contribution in [0.3, 0.4) is 0 Å². The molecule has 2 rings (SSSR count). The summed E-state index contributed by atoms with van der Waals surface area (Å²) in [7, 11) is 0. The van der Waals surface area contributed by atoms with E-state index in [2.05, 4.69) is 15.3 Å². The maximum absolute atomic E-state index is 13.0. The minimum Gasteiger partial charge on any atom is -0.322 e. The molecule has 0 aliphatic heterocycles. The number of rotatable bonds is 3. The number of carbonyl (C=O) groups excluding carboxylic acids is 1.